The molecule has 1 amide bonds. The van der Waals surface area contributed by atoms with Crippen molar-refractivity contribution in [2.24, 2.45) is 5.73 Å². The Morgan fingerprint density at radius 2 is 2.38 bits per heavy atom. The summed E-state index contributed by atoms with van der Waals surface area (Å²) in [7, 11) is 1.81. The number of hydrogen-bond donors (Lipinski definition) is 1. The topological polar surface area (TPSA) is 55.6 Å². The van der Waals surface area contributed by atoms with Crippen LogP contribution in [0.3, 0.4) is 0 Å². The molecule has 13 heavy (non-hydrogen) atoms. The molecule has 0 radical (unpaired) electrons. The number of rotatable bonds is 3. The van der Waals surface area contributed by atoms with E-state index in [1.54, 1.807) is 4.90 Å². The molecule has 1 heterocycles. The van der Waals surface area contributed by atoms with Gasteiger partial charge in [0.25, 0.3) is 0 Å². The summed E-state index contributed by atoms with van der Waals surface area (Å²) in [5.74, 6) is 0.0604. The number of hydrogen-bond acceptors (Lipinski definition) is 3. The van der Waals surface area contributed by atoms with Crippen molar-refractivity contribution in [3.8, 4) is 0 Å². The Morgan fingerprint density at radius 1 is 1.69 bits per heavy atom. The van der Waals surface area contributed by atoms with Crippen molar-refractivity contribution in [1.29, 1.82) is 0 Å². The van der Waals surface area contributed by atoms with Crippen LogP contribution in [0, 0.1) is 0 Å². The first-order valence-corrected chi connectivity index (χ1v) is 4.65. The van der Waals surface area contributed by atoms with Crippen molar-refractivity contribution in [3.63, 3.8) is 0 Å². The third-order valence-corrected chi connectivity index (χ3v) is 2.45. The van der Waals surface area contributed by atoms with Crippen LogP contribution in [0.25, 0.3) is 0 Å². The highest BCUT2D eigenvalue weighted by atomic mass is 16.5. The molecule has 2 N–H and O–H groups in total. The first-order chi connectivity index (χ1) is 6.07. The molecule has 1 saturated heterocycles. The van der Waals surface area contributed by atoms with Crippen LogP contribution in [0.1, 0.15) is 19.8 Å². The molecule has 1 unspecified atom stereocenters. The average Bonchev–Trinajstić information content (AvgIpc) is 2.09. The van der Waals surface area contributed by atoms with Crippen molar-refractivity contribution in [1.82, 2.24) is 4.90 Å². The molecule has 0 aromatic carbocycles. The standard InChI is InChI=1S/C9H18N2O2/c1-9(4-3-5-10)7-11(2)8(12)6-13-9/h3-7,10H2,1-2H3. The van der Waals surface area contributed by atoms with E-state index in [0.717, 1.165) is 12.8 Å². The maximum absolute atomic E-state index is 11.1. The Bertz CT molecular complexity index is 196. The highest BCUT2D eigenvalue weighted by molar-refractivity contribution is 5.77. The summed E-state index contributed by atoms with van der Waals surface area (Å²) in [6.07, 6.45) is 1.86. The van der Waals surface area contributed by atoms with Crippen LogP contribution < -0.4 is 5.73 Å². The van der Waals surface area contributed by atoms with E-state index in [-0.39, 0.29) is 18.1 Å². The molecule has 1 fully saturated rings. The van der Waals surface area contributed by atoms with E-state index in [9.17, 15) is 4.79 Å². The third kappa shape index (κ3) is 2.67. The zero-order valence-corrected chi connectivity index (χ0v) is 8.38. The predicted octanol–water partition coefficient (Wildman–Crippen LogP) is -0.0274. The van der Waals surface area contributed by atoms with Gasteiger partial charge in [-0.1, -0.05) is 0 Å². The summed E-state index contributed by atoms with van der Waals surface area (Å²) < 4.78 is 5.50. The third-order valence-electron chi connectivity index (χ3n) is 2.45. The number of amides is 1. The van der Waals surface area contributed by atoms with Crippen LogP contribution in [-0.4, -0.2) is 43.2 Å². The number of morpholine rings is 1. The maximum atomic E-state index is 11.1. The van der Waals surface area contributed by atoms with E-state index in [1.165, 1.54) is 0 Å². The summed E-state index contributed by atoms with van der Waals surface area (Å²) in [6.45, 7) is 3.59. The van der Waals surface area contributed by atoms with Gasteiger partial charge < -0.3 is 15.4 Å². The number of likely N-dealkylation sites (N-methyl/N-ethyl adjacent to an activating group) is 1. The maximum Gasteiger partial charge on any atom is 0.248 e. The van der Waals surface area contributed by atoms with Crippen molar-refractivity contribution >= 4 is 5.91 Å². The van der Waals surface area contributed by atoms with Gasteiger partial charge in [0, 0.05) is 13.6 Å². The lowest BCUT2D eigenvalue weighted by atomic mass is 9.98. The normalized spacial score (nSPS) is 29.5. The van der Waals surface area contributed by atoms with E-state index >= 15 is 0 Å². The number of nitrogens with two attached hydrogens (primary N) is 1. The van der Waals surface area contributed by atoms with E-state index in [0.29, 0.717) is 13.1 Å². The van der Waals surface area contributed by atoms with Gasteiger partial charge in [-0.05, 0) is 26.3 Å². The number of carbonyl (C=O) groups is 1. The highest BCUT2D eigenvalue weighted by Crippen LogP contribution is 2.22. The highest BCUT2D eigenvalue weighted by Gasteiger charge is 2.33. The van der Waals surface area contributed by atoms with Gasteiger partial charge in [0.1, 0.15) is 6.61 Å². The predicted molar refractivity (Wildman–Crippen MR) is 50.3 cm³/mol. The van der Waals surface area contributed by atoms with Gasteiger partial charge in [-0.25, -0.2) is 0 Å². The molecule has 0 aromatic rings. The molecule has 1 aliphatic heterocycles. The minimum atomic E-state index is -0.192. The van der Waals surface area contributed by atoms with E-state index in [4.69, 9.17) is 10.5 Å². The minimum Gasteiger partial charge on any atom is -0.364 e. The first kappa shape index (κ1) is 10.5. The monoisotopic (exact) mass is 186 g/mol. The van der Waals surface area contributed by atoms with Gasteiger partial charge >= 0.3 is 0 Å². The van der Waals surface area contributed by atoms with Crippen molar-refractivity contribution in [2.75, 3.05) is 26.7 Å². The fourth-order valence-electron chi connectivity index (χ4n) is 1.61. The Balaban J connectivity index is 2.46. The molecule has 4 heteroatoms. The number of carbonyl (C=O) groups excluding carboxylic acids is 1. The fraction of sp³-hybridized carbons (Fsp3) is 0.889. The molecule has 4 nitrogen and oxygen atoms in total. The zero-order chi connectivity index (χ0) is 9.90. The second kappa shape index (κ2) is 4.07. The molecule has 0 spiro atoms. The Hall–Kier alpha value is -0.610. The number of ether oxygens (including phenoxy) is 1. The Kier molecular flexibility index (Phi) is 3.27. The van der Waals surface area contributed by atoms with Gasteiger partial charge in [0.05, 0.1) is 5.60 Å². The molecule has 1 aliphatic rings. The lowest BCUT2D eigenvalue weighted by Gasteiger charge is -2.38. The Labute approximate surface area is 79.0 Å². The van der Waals surface area contributed by atoms with Gasteiger partial charge in [-0.3, -0.25) is 4.79 Å². The van der Waals surface area contributed by atoms with E-state index in [1.807, 2.05) is 14.0 Å². The Morgan fingerprint density at radius 3 is 2.92 bits per heavy atom. The molecule has 0 saturated carbocycles. The second-order valence-electron chi connectivity index (χ2n) is 3.88. The average molecular weight is 186 g/mol. The fourth-order valence-corrected chi connectivity index (χ4v) is 1.61. The van der Waals surface area contributed by atoms with Gasteiger partial charge in [0.15, 0.2) is 0 Å². The lowest BCUT2D eigenvalue weighted by molar-refractivity contribution is -0.159. The van der Waals surface area contributed by atoms with Crippen molar-refractivity contribution < 1.29 is 9.53 Å². The van der Waals surface area contributed by atoms with Crippen LogP contribution in [0.2, 0.25) is 0 Å². The molecule has 0 aliphatic carbocycles. The first-order valence-electron chi connectivity index (χ1n) is 4.65. The quantitative estimate of drug-likeness (QED) is 0.673. The number of nitrogens with zero attached hydrogens (tertiary/aromatic N) is 1. The van der Waals surface area contributed by atoms with Gasteiger partial charge in [-0.15, -0.1) is 0 Å². The molecule has 1 atom stereocenters. The molecule has 76 valence electrons. The smallest absolute Gasteiger partial charge is 0.248 e. The summed E-state index contributed by atoms with van der Waals surface area (Å²) in [5.41, 5.74) is 5.24. The lowest BCUT2D eigenvalue weighted by Crippen LogP contribution is -2.51. The summed E-state index contributed by atoms with van der Waals surface area (Å²) in [5, 5.41) is 0. The van der Waals surface area contributed by atoms with Crippen LogP contribution in [-0.2, 0) is 9.53 Å². The van der Waals surface area contributed by atoms with Crippen molar-refractivity contribution in [2.45, 2.75) is 25.4 Å². The summed E-state index contributed by atoms with van der Waals surface area (Å²) in [6, 6.07) is 0. The van der Waals surface area contributed by atoms with Crippen LogP contribution in [0.4, 0.5) is 0 Å². The van der Waals surface area contributed by atoms with Gasteiger partial charge in [0.2, 0.25) is 5.91 Å². The SMILES string of the molecule is CN1CC(C)(CCCN)OCC1=O. The van der Waals surface area contributed by atoms with Crippen LogP contribution in [0.5, 0.6) is 0 Å². The molecule has 0 bridgehead atoms. The molecular weight excluding hydrogens is 168 g/mol. The molecule has 1 rings (SSSR count). The van der Waals surface area contributed by atoms with E-state index < -0.39 is 0 Å². The summed E-state index contributed by atoms with van der Waals surface area (Å²) >= 11 is 0. The second-order valence-corrected chi connectivity index (χ2v) is 3.88. The molecular formula is C9H18N2O2. The largest absolute Gasteiger partial charge is 0.364 e. The van der Waals surface area contributed by atoms with E-state index in [2.05, 4.69) is 0 Å². The minimum absolute atomic E-state index is 0.0604. The van der Waals surface area contributed by atoms with Crippen molar-refractivity contribution in [3.05, 3.63) is 0 Å². The zero-order valence-electron chi connectivity index (χ0n) is 8.38. The summed E-state index contributed by atoms with van der Waals surface area (Å²) in [4.78, 5) is 12.9. The molecule has 0 aromatic heterocycles. The van der Waals surface area contributed by atoms with Gasteiger partial charge in [-0.2, -0.15) is 0 Å². The van der Waals surface area contributed by atoms with Crippen LogP contribution >= 0.6 is 0 Å². The van der Waals surface area contributed by atoms with Crippen LogP contribution in [0.15, 0.2) is 0 Å².